The Hall–Kier alpha value is -1.12. The van der Waals surface area contributed by atoms with Crippen molar-refractivity contribution in [3.63, 3.8) is 0 Å². The topological polar surface area (TPSA) is 90.2 Å². The Morgan fingerprint density at radius 3 is 2.44 bits per heavy atom. The zero-order chi connectivity index (χ0) is 19.6. The van der Waals surface area contributed by atoms with Gasteiger partial charge in [0.15, 0.2) is 0 Å². The molecule has 27 heavy (non-hydrogen) atoms. The van der Waals surface area contributed by atoms with E-state index >= 15 is 0 Å². The standard InChI is InChI=1S/C20H23ClO5S/c1-27-14-5-2-11(3-6-14)8-13-9-12(4-7-15(13)21)19-17(24)18(25)20(26-19)16(23)10-22/h2-7,9,16-20,22-25H,8,10H2,1H3/t16-,17-,18-,19+,20-/m1/s1. The van der Waals surface area contributed by atoms with Gasteiger partial charge >= 0.3 is 0 Å². The number of benzene rings is 2. The molecule has 5 atom stereocenters. The highest BCUT2D eigenvalue weighted by atomic mass is 35.5. The molecule has 146 valence electrons. The highest BCUT2D eigenvalue weighted by Crippen LogP contribution is 2.36. The van der Waals surface area contributed by atoms with Crippen LogP contribution in [0.1, 0.15) is 22.8 Å². The predicted molar refractivity (Wildman–Crippen MR) is 105 cm³/mol. The lowest BCUT2D eigenvalue weighted by atomic mass is 9.96. The maximum Gasteiger partial charge on any atom is 0.115 e. The van der Waals surface area contributed by atoms with Crippen molar-refractivity contribution < 1.29 is 25.2 Å². The minimum atomic E-state index is -1.28. The summed E-state index contributed by atoms with van der Waals surface area (Å²) >= 11 is 8.03. The average molecular weight is 411 g/mol. The van der Waals surface area contributed by atoms with Crippen LogP contribution in [-0.2, 0) is 11.2 Å². The third-order valence-corrected chi connectivity index (χ3v) is 5.93. The van der Waals surface area contributed by atoms with E-state index in [1.807, 2.05) is 24.5 Å². The van der Waals surface area contributed by atoms with Gasteiger partial charge in [0.05, 0.1) is 6.61 Å². The van der Waals surface area contributed by atoms with Gasteiger partial charge in [-0.15, -0.1) is 11.8 Å². The van der Waals surface area contributed by atoms with Gasteiger partial charge in [0, 0.05) is 9.92 Å². The summed E-state index contributed by atoms with van der Waals surface area (Å²) < 4.78 is 5.64. The third kappa shape index (κ3) is 4.49. The lowest BCUT2D eigenvalue weighted by molar-refractivity contribution is -0.0820. The van der Waals surface area contributed by atoms with Crippen molar-refractivity contribution >= 4 is 23.4 Å². The summed E-state index contributed by atoms with van der Waals surface area (Å²) in [5.74, 6) is 0. The van der Waals surface area contributed by atoms with Crippen LogP contribution >= 0.6 is 23.4 Å². The number of hydrogen-bond donors (Lipinski definition) is 4. The largest absolute Gasteiger partial charge is 0.394 e. The molecule has 1 aliphatic heterocycles. The van der Waals surface area contributed by atoms with Gasteiger partial charge in [0.2, 0.25) is 0 Å². The first-order valence-electron chi connectivity index (χ1n) is 8.66. The first-order chi connectivity index (χ1) is 12.9. The third-order valence-electron chi connectivity index (χ3n) is 4.82. The molecule has 3 rings (SSSR count). The number of rotatable bonds is 6. The Morgan fingerprint density at radius 2 is 1.81 bits per heavy atom. The van der Waals surface area contributed by atoms with E-state index in [0.717, 1.165) is 11.1 Å². The van der Waals surface area contributed by atoms with Crippen LogP contribution in [0.5, 0.6) is 0 Å². The Morgan fingerprint density at radius 1 is 1.11 bits per heavy atom. The van der Waals surface area contributed by atoms with Crippen molar-refractivity contribution in [1.29, 1.82) is 0 Å². The van der Waals surface area contributed by atoms with Crippen molar-refractivity contribution in [1.82, 2.24) is 0 Å². The molecule has 1 aliphatic rings. The van der Waals surface area contributed by atoms with E-state index in [0.29, 0.717) is 17.0 Å². The fraction of sp³-hybridized carbons (Fsp3) is 0.400. The van der Waals surface area contributed by atoms with Crippen LogP contribution in [0.2, 0.25) is 5.02 Å². The first kappa shape index (κ1) is 20.6. The molecule has 2 aromatic carbocycles. The molecule has 0 spiro atoms. The normalized spacial score (nSPS) is 26.3. The molecule has 0 aliphatic carbocycles. The van der Waals surface area contributed by atoms with Gasteiger partial charge in [-0.3, -0.25) is 0 Å². The summed E-state index contributed by atoms with van der Waals surface area (Å²) in [7, 11) is 0. The quantitative estimate of drug-likeness (QED) is 0.546. The summed E-state index contributed by atoms with van der Waals surface area (Å²) in [5, 5.41) is 39.9. The molecule has 4 N–H and O–H groups in total. The number of hydrogen-bond acceptors (Lipinski definition) is 6. The fourth-order valence-corrected chi connectivity index (χ4v) is 3.86. The van der Waals surface area contributed by atoms with Gasteiger partial charge in [-0.1, -0.05) is 35.9 Å². The fourth-order valence-electron chi connectivity index (χ4n) is 3.27. The minimum Gasteiger partial charge on any atom is -0.394 e. The number of ether oxygens (including phenoxy) is 1. The molecule has 1 heterocycles. The summed E-state index contributed by atoms with van der Waals surface area (Å²) in [6.45, 7) is -0.556. The molecule has 1 saturated heterocycles. The van der Waals surface area contributed by atoms with Crippen LogP contribution in [0.15, 0.2) is 47.4 Å². The van der Waals surface area contributed by atoms with E-state index in [1.165, 1.54) is 4.90 Å². The molecular weight excluding hydrogens is 388 g/mol. The number of thioether (sulfide) groups is 1. The van der Waals surface area contributed by atoms with Crippen LogP contribution in [0.3, 0.4) is 0 Å². The molecule has 0 unspecified atom stereocenters. The minimum absolute atomic E-state index is 0.556. The van der Waals surface area contributed by atoms with E-state index in [1.54, 1.807) is 23.9 Å². The Kier molecular flexibility index (Phi) is 6.81. The number of aliphatic hydroxyl groups excluding tert-OH is 4. The van der Waals surface area contributed by atoms with Crippen molar-refractivity contribution in [3.8, 4) is 0 Å². The Bertz CT molecular complexity index is 769. The smallest absolute Gasteiger partial charge is 0.115 e. The highest BCUT2D eigenvalue weighted by molar-refractivity contribution is 7.98. The lowest BCUT2D eigenvalue weighted by Gasteiger charge is -2.19. The van der Waals surface area contributed by atoms with E-state index < -0.39 is 37.1 Å². The molecule has 0 amide bonds. The van der Waals surface area contributed by atoms with Crippen LogP contribution in [0.4, 0.5) is 0 Å². The monoisotopic (exact) mass is 410 g/mol. The SMILES string of the molecule is CSc1ccc(Cc2cc([C@@H]3O[C@H]([C@H](O)CO)[C@H](O)[C@H]3O)ccc2Cl)cc1. The predicted octanol–water partition coefficient (Wildman–Crippen LogP) is 2.17. The molecule has 1 fully saturated rings. The molecule has 7 heteroatoms. The van der Waals surface area contributed by atoms with Crippen molar-refractivity contribution in [2.75, 3.05) is 12.9 Å². The van der Waals surface area contributed by atoms with E-state index in [9.17, 15) is 15.3 Å². The Balaban J connectivity index is 1.82. The van der Waals surface area contributed by atoms with Crippen LogP contribution in [0.25, 0.3) is 0 Å². The maximum absolute atomic E-state index is 10.3. The van der Waals surface area contributed by atoms with Crippen LogP contribution < -0.4 is 0 Å². The molecule has 0 saturated carbocycles. The second-order valence-electron chi connectivity index (χ2n) is 6.63. The highest BCUT2D eigenvalue weighted by Gasteiger charge is 2.46. The van der Waals surface area contributed by atoms with Gasteiger partial charge in [-0.25, -0.2) is 0 Å². The van der Waals surface area contributed by atoms with Crippen molar-refractivity contribution in [3.05, 3.63) is 64.2 Å². The molecule has 2 aromatic rings. The maximum atomic E-state index is 10.3. The lowest BCUT2D eigenvalue weighted by Crippen LogP contribution is -2.40. The molecular formula is C20H23ClO5S. The Labute approximate surface area is 167 Å². The van der Waals surface area contributed by atoms with Gasteiger partial charge < -0.3 is 25.2 Å². The van der Waals surface area contributed by atoms with E-state index in [-0.39, 0.29) is 0 Å². The first-order valence-corrected chi connectivity index (χ1v) is 10.3. The zero-order valence-corrected chi connectivity index (χ0v) is 16.4. The summed E-state index contributed by atoms with van der Waals surface area (Å²) in [6, 6.07) is 13.5. The second-order valence-corrected chi connectivity index (χ2v) is 7.91. The molecule has 5 nitrogen and oxygen atoms in total. The van der Waals surface area contributed by atoms with Crippen molar-refractivity contribution in [2.24, 2.45) is 0 Å². The van der Waals surface area contributed by atoms with Crippen LogP contribution in [-0.4, -0.2) is 57.7 Å². The van der Waals surface area contributed by atoms with Gasteiger partial charge in [-0.05, 0) is 47.6 Å². The molecule has 0 aromatic heterocycles. The van der Waals surface area contributed by atoms with Crippen LogP contribution in [0, 0.1) is 0 Å². The molecule has 0 bridgehead atoms. The summed E-state index contributed by atoms with van der Waals surface area (Å²) in [5.41, 5.74) is 2.64. The summed E-state index contributed by atoms with van der Waals surface area (Å²) in [6.07, 6.45) is -2.95. The van der Waals surface area contributed by atoms with E-state index in [4.69, 9.17) is 21.4 Å². The van der Waals surface area contributed by atoms with Crippen molar-refractivity contribution in [2.45, 2.75) is 41.8 Å². The summed E-state index contributed by atoms with van der Waals surface area (Å²) in [4.78, 5) is 1.18. The zero-order valence-electron chi connectivity index (χ0n) is 14.8. The number of aliphatic hydroxyl groups is 4. The molecule has 0 radical (unpaired) electrons. The number of halogens is 1. The van der Waals surface area contributed by atoms with Gasteiger partial charge in [0.1, 0.15) is 30.5 Å². The van der Waals surface area contributed by atoms with Gasteiger partial charge in [0.25, 0.3) is 0 Å². The average Bonchev–Trinajstić information content (AvgIpc) is 2.98. The van der Waals surface area contributed by atoms with Gasteiger partial charge in [-0.2, -0.15) is 0 Å². The van der Waals surface area contributed by atoms with E-state index in [2.05, 4.69) is 12.1 Å². The second kappa shape index (κ2) is 8.92.